The summed E-state index contributed by atoms with van der Waals surface area (Å²) < 4.78 is 39.3. The number of hydrogen-bond donors (Lipinski definition) is 0. The monoisotopic (exact) mass is 238 g/mol. The Morgan fingerprint density at radius 3 is 2.64 bits per heavy atom. The molecule has 0 saturated carbocycles. The van der Waals surface area contributed by atoms with Gasteiger partial charge in [-0.3, -0.25) is 0 Å². The van der Waals surface area contributed by atoms with Crippen molar-refractivity contribution < 1.29 is 17.5 Å². The van der Waals surface area contributed by atoms with Crippen LogP contribution in [0.1, 0.15) is 5.56 Å². The summed E-state index contributed by atoms with van der Waals surface area (Å²) in [6.07, 6.45) is 0. The van der Waals surface area contributed by atoms with E-state index >= 15 is 0 Å². The Balaban J connectivity index is 3.15. The number of methoxy groups -OCH3 is 1. The molecule has 1 aromatic rings. The quantitative estimate of drug-likeness (QED) is 0.756. The molecule has 0 radical (unpaired) electrons. The smallest absolute Gasteiger partial charge is 0.236 e. The number of rotatable bonds is 3. The third kappa shape index (κ3) is 2.85. The summed E-state index contributed by atoms with van der Waals surface area (Å²) in [5.74, 6) is -1.14. The van der Waals surface area contributed by atoms with Gasteiger partial charge in [0.15, 0.2) is 11.6 Å². The van der Waals surface area contributed by atoms with Crippen LogP contribution in [-0.4, -0.2) is 15.5 Å². The van der Waals surface area contributed by atoms with E-state index in [2.05, 4.69) is 0 Å². The van der Waals surface area contributed by atoms with Crippen molar-refractivity contribution in [2.75, 3.05) is 7.11 Å². The minimum Gasteiger partial charge on any atom is -0.493 e. The van der Waals surface area contributed by atoms with Crippen molar-refractivity contribution in [1.82, 2.24) is 0 Å². The summed E-state index contributed by atoms with van der Waals surface area (Å²) in [5, 5.41) is 0. The fourth-order valence-corrected chi connectivity index (χ4v) is 2.03. The molecule has 1 aromatic carbocycles. The Morgan fingerprint density at radius 1 is 1.50 bits per heavy atom. The minimum atomic E-state index is -3.70. The molecule has 78 valence electrons. The van der Waals surface area contributed by atoms with E-state index in [9.17, 15) is 12.8 Å². The standard InChI is InChI=1S/C8H8ClFO3S/c1-13-8-6(5-14(9,11)12)3-2-4-7(8)10/h2-4H,5H2,1H3. The van der Waals surface area contributed by atoms with Gasteiger partial charge in [0.25, 0.3) is 0 Å². The fourth-order valence-electron chi connectivity index (χ4n) is 1.08. The van der Waals surface area contributed by atoms with Crippen molar-refractivity contribution in [3.8, 4) is 5.75 Å². The molecule has 0 unspecified atom stereocenters. The lowest BCUT2D eigenvalue weighted by molar-refractivity contribution is 0.383. The van der Waals surface area contributed by atoms with Gasteiger partial charge in [-0.05, 0) is 6.07 Å². The third-order valence-electron chi connectivity index (χ3n) is 1.58. The van der Waals surface area contributed by atoms with E-state index in [4.69, 9.17) is 15.4 Å². The summed E-state index contributed by atoms with van der Waals surface area (Å²) in [7, 11) is 2.61. The predicted octanol–water partition coefficient (Wildman–Crippen LogP) is 1.90. The van der Waals surface area contributed by atoms with Crippen LogP contribution in [-0.2, 0) is 14.8 Å². The minimum absolute atomic E-state index is 0.0864. The zero-order valence-corrected chi connectivity index (χ0v) is 8.90. The first-order chi connectivity index (χ1) is 6.44. The van der Waals surface area contributed by atoms with Crippen molar-refractivity contribution in [3.05, 3.63) is 29.6 Å². The van der Waals surface area contributed by atoms with Crippen LogP contribution < -0.4 is 4.74 Å². The van der Waals surface area contributed by atoms with Crippen LogP contribution in [0, 0.1) is 5.82 Å². The van der Waals surface area contributed by atoms with E-state index in [1.807, 2.05) is 0 Å². The second kappa shape index (κ2) is 4.14. The molecule has 0 spiro atoms. The summed E-state index contributed by atoms with van der Waals surface area (Å²) in [5.41, 5.74) is 0.211. The molecule has 0 amide bonds. The van der Waals surface area contributed by atoms with Gasteiger partial charge in [0.05, 0.1) is 12.9 Å². The Bertz CT molecular complexity index is 430. The average Bonchev–Trinajstić information content (AvgIpc) is 2.01. The number of para-hydroxylation sites is 1. The predicted molar refractivity (Wildman–Crippen MR) is 51.4 cm³/mol. The van der Waals surface area contributed by atoms with Crippen LogP contribution in [0.2, 0.25) is 0 Å². The molecule has 0 aliphatic heterocycles. The van der Waals surface area contributed by atoms with E-state index in [0.29, 0.717) is 0 Å². The van der Waals surface area contributed by atoms with Gasteiger partial charge in [-0.1, -0.05) is 12.1 Å². The Labute approximate surface area is 85.9 Å². The van der Waals surface area contributed by atoms with Crippen molar-refractivity contribution in [2.24, 2.45) is 0 Å². The lowest BCUT2D eigenvalue weighted by Gasteiger charge is -2.06. The summed E-state index contributed by atoms with van der Waals surface area (Å²) in [6.45, 7) is 0. The van der Waals surface area contributed by atoms with Crippen molar-refractivity contribution in [2.45, 2.75) is 5.75 Å². The van der Waals surface area contributed by atoms with E-state index in [0.717, 1.165) is 0 Å². The van der Waals surface area contributed by atoms with Crippen molar-refractivity contribution in [3.63, 3.8) is 0 Å². The first kappa shape index (κ1) is 11.3. The topological polar surface area (TPSA) is 43.4 Å². The number of benzene rings is 1. The normalized spacial score (nSPS) is 11.4. The third-order valence-corrected chi connectivity index (χ3v) is 2.56. The maximum atomic E-state index is 13.1. The molecule has 3 nitrogen and oxygen atoms in total. The second-order valence-electron chi connectivity index (χ2n) is 2.62. The zero-order chi connectivity index (χ0) is 10.8. The number of ether oxygens (including phenoxy) is 1. The summed E-state index contributed by atoms with van der Waals surface area (Å²) in [6, 6.07) is 4.03. The highest BCUT2D eigenvalue weighted by Crippen LogP contribution is 2.24. The molecule has 0 aromatic heterocycles. The first-order valence-corrected chi connectivity index (χ1v) is 6.15. The molecule has 0 aliphatic carbocycles. The molecular weight excluding hydrogens is 231 g/mol. The number of halogens is 2. The van der Waals surface area contributed by atoms with E-state index in [1.165, 1.54) is 25.3 Å². The molecule has 0 aliphatic rings. The molecule has 0 saturated heterocycles. The molecule has 0 heterocycles. The highest BCUT2D eigenvalue weighted by atomic mass is 35.7. The largest absolute Gasteiger partial charge is 0.493 e. The summed E-state index contributed by atoms with van der Waals surface area (Å²) >= 11 is 0. The van der Waals surface area contributed by atoms with Crippen LogP contribution >= 0.6 is 10.7 Å². The van der Waals surface area contributed by atoms with E-state index < -0.39 is 20.6 Å². The van der Waals surface area contributed by atoms with Gasteiger partial charge in [0.1, 0.15) is 0 Å². The van der Waals surface area contributed by atoms with E-state index in [-0.39, 0.29) is 11.3 Å². The molecule has 14 heavy (non-hydrogen) atoms. The van der Waals surface area contributed by atoms with E-state index in [1.54, 1.807) is 0 Å². The molecular formula is C8H8ClFO3S. The summed E-state index contributed by atoms with van der Waals surface area (Å²) in [4.78, 5) is 0. The maximum absolute atomic E-state index is 13.1. The van der Waals surface area contributed by atoms with Gasteiger partial charge in [-0.25, -0.2) is 12.8 Å². The van der Waals surface area contributed by atoms with Crippen LogP contribution in [0.4, 0.5) is 4.39 Å². The van der Waals surface area contributed by atoms with Gasteiger partial charge < -0.3 is 4.74 Å². The SMILES string of the molecule is COc1c(F)cccc1CS(=O)(=O)Cl. The van der Waals surface area contributed by atoms with Crippen molar-refractivity contribution >= 4 is 19.7 Å². The number of hydrogen-bond acceptors (Lipinski definition) is 3. The maximum Gasteiger partial charge on any atom is 0.236 e. The van der Waals surface area contributed by atoms with Crippen LogP contribution in [0.25, 0.3) is 0 Å². The van der Waals surface area contributed by atoms with Gasteiger partial charge in [-0.2, -0.15) is 0 Å². The Kier molecular flexibility index (Phi) is 3.34. The van der Waals surface area contributed by atoms with Gasteiger partial charge in [0.2, 0.25) is 9.05 Å². The molecule has 1 rings (SSSR count). The van der Waals surface area contributed by atoms with Gasteiger partial charge >= 0.3 is 0 Å². The molecule has 0 bridgehead atoms. The highest BCUT2D eigenvalue weighted by molar-refractivity contribution is 8.13. The Hall–Kier alpha value is -0.810. The van der Waals surface area contributed by atoms with Gasteiger partial charge in [-0.15, -0.1) is 0 Å². The lowest BCUT2D eigenvalue weighted by Crippen LogP contribution is -2.00. The Morgan fingerprint density at radius 2 is 2.14 bits per heavy atom. The second-order valence-corrected chi connectivity index (χ2v) is 5.39. The molecule has 0 atom stereocenters. The fraction of sp³-hybridized carbons (Fsp3) is 0.250. The average molecular weight is 239 g/mol. The first-order valence-electron chi connectivity index (χ1n) is 3.68. The molecule has 0 N–H and O–H groups in total. The highest BCUT2D eigenvalue weighted by Gasteiger charge is 2.14. The lowest BCUT2D eigenvalue weighted by atomic mass is 10.2. The van der Waals surface area contributed by atoms with Crippen LogP contribution in [0.5, 0.6) is 5.75 Å². The van der Waals surface area contributed by atoms with Crippen LogP contribution in [0.15, 0.2) is 18.2 Å². The molecule has 6 heteroatoms. The van der Waals surface area contributed by atoms with Gasteiger partial charge in [0, 0.05) is 16.2 Å². The zero-order valence-electron chi connectivity index (χ0n) is 7.33. The van der Waals surface area contributed by atoms with Crippen molar-refractivity contribution in [1.29, 1.82) is 0 Å². The van der Waals surface area contributed by atoms with Crippen LogP contribution in [0.3, 0.4) is 0 Å². The molecule has 0 fully saturated rings.